The Morgan fingerprint density at radius 1 is 1.09 bits per heavy atom. The number of nitrogens with one attached hydrogen (secondary N) is 1. The molecule has 1 saturated heterocycles. The quantitative estimate of drug-likeness (QED) is 0.588. The molecule has 1 N–H and O–H groups in total. The number of likely N-dealkylation sites (tertiary alicyclic amines) is 1. The zero-order valence-corrected chi connectivity index (χ0v) is 19.9. The van der Waals surface area contributed by atoms with E-state index in [1.807, 2.05) is 57.2 Å². The Balaban J connectivity index is 1.50. The third kappa shape index (κ3) is 4.51. The van der Waals surface area contributed by atoms with E-state index in [1.165, 1.54) is 5.56 Å². The van der Waals surface area contributed by atoms with Gasteiger partial charge in [-0.25, -0.2) is 0 Å². The van der Waals surface area contributed by atoms with Crippen molar-refractivity contribution in [3.05, 3.63) is 82.7 Å². The third-order valence-electron chi connectivity index (χ3n) is 6.50. The maximum absolute atomic E-state index is 13.1. The molecule has 0 unspecified atom stereocenters. The number of likely N-dealkylation sites (N-methyl/N-ethyl adjacent to an activating group) is 1. The number of aromatic nitrogens is 1. The molecule has 1 fully saturated rings. The molecule has 0 saturated carbocycles. The topological polar surface area (TPSA) is 63.6 Å². The maximum atomic E-state index is 13.1. The van der Waals surface area contributed by atoms with Crippen molar-refractivity contribution in [2.45, 2.75) is 46.3 Å². The highest BCUT2D eigenvalue weighted by Gasteiger charge is 2.30. The average Bonchev–Trinajstić information content (AvgIpc) is 3.28. The molecule has 172 valence electrons. The van der Waals surface area contributed by atoms with Crippen LogP contribution in [0.3, 0.4) is 0 Å². The number of amides is 2. The minimum Gasteiger partial charge on any atom is -0.481 e. The van der Waals surface area contributed by atoms with Gasteiger partial charge in [-0.05, 0) is 63.1 Å². The number of anilines is 1. The van der Waals surface area contributed by atoms with Crippen molar-refractivity contribution in [1.29, 1.82) is 0 Å². The summed E-state index contributed by atoms with van der Waals surface area (Å²) in [6.45, 7) is 8.79. The highest BCUT2D eigenvalue weighted by Crippen LogP contribution is 2.28. The molecule has 0 bridgehead atoms. The molecule has 6 nitrogen and oxygen atoms in total. The fourth-order valence-corrected chi connectivity index (χ4v) is 4.59. The van der Waals surface area contributed by atoms with Crippen molar-refractivity contribution in [3.8, 4) is 5.75 Å². The van der Waals surface area contributed by atoms with Crippen molar-refractivity contribution in [2.24, 2.45) is 0 Å². The summed E-state index contributed by atoms with van der Waals surface area (Å²) in [6.07, 6.45) is 0.246. The summed E-state index contributed by atoms with van der Waals surface area (Å²) in [5.74, 6) is 0.498. The molecule has 33 heavy (non-hydrogen) atoms. The maximum Gasteiger partial charge on any atom is 0.263 e. The van der Waals surface area contributed by atoms with Crippen LogP contribution in [-0.4, -0.2) is 41.0 Å². The van der Waals surface area contributed by atoms with E-state index >= 15 is 0 Å². The lowest BCUT2D eigenvalue weighted by atomic mass is 10.1. The predicted molar refractivity (Wildman–Crippen MR) is 130 cm³/mol. The van der Waals surface area contributed by atoms with E-state index in [0.717, 1.165) is 22.6 Å². The van der Waals surface area contributed by atoms with E-state index in [1.54, 1.807) is 18.0 Å². The number of rotatable bonds is 6. The second-order valence-corrected chi connectivity index (χ2v) is 8.83. The second kappa shape index (κ2) is 9.14. The van der Waals surface area contributed by atoms with Crippen LogP contribution >= 0.6 is 0 Å². The summed E-state index contributed by atoms with van der Waals surface area (Å²) in [5, 5.41) is 3.04. The van der Waals surface area contributed by atoms with Gasteiger partial charge in [-0.2, -0.15) is 0 Å². The number of carbonyl (C=O) groups is 2. The molecule has 0 aliphatic carbocycles. The van der Waals surface area contributed by atoms with Crippen molar-refractivity contribution >= 4 is 17.5 Å². The van der Waals surface area contributed by atoms with Crippen LogP contribution in [0.15, 0.2) is 54.6 Å². The zero-order chi connectivity index (χ0) is 23.7. The van der Waals surface area contributed by atoms with Gasteiger partial charge in [0.15, 0.2) is 6.10 Å². The van der Waals surface area contributed by atoms with E-state index in [-0.39, 0.29) is 17.9 Å². The Morgan fingerprint density at radius 3 is 2.45 bits per heavy atom. The first-order chi connectivity index (χ1) is 15.8. The van der Waals surface area contributed by atoms with Gasteiger partial charge in [0.2, 0.25) is 0 Å². The average molecular weight is 446 g/mol. The van der Waals surface area contributed by atoms with Crippen LogP contribution in [0.2, 0.25) is 0 Å². The molecule has 2 aromatic carbocycles. The molecule has 2 heterocycles. The first-order valence-corrected chi connectivity index (χ1v) is 11.3. The third-order valence-corrected chi connectivity index (χ3v) is 6.50. The van der Waals surface area contributed by atoms with Gasteiger partial charge < -0.3 is 19.5 Å². The van der Waals surface area contributed by atoms with Crippen LogP contribution in [0.1, 0.15) is 52.3 Å². The molecule has 1 aliphatic rings. The summed E-state index contributed by atoms with van der Waals surface area (Å²) in [4.78, 5) is 26.9. The monoisotopic (exact) mass is 445 g/mol. The summed E-state index contributed by atoms with van der Waals surface area (Å²) < 4.78 is 8.08. The van der Waals surface area contributed by atoms with E-state index in [9.17, 15) is 9.59 Å². The number of hydrogen-bond donors (Lipinski definition) is 1. The van der Waals surface area contributed by atoms with Gasteiger partial charge in [-0.3, -0.25) is 9.59 Å². The number of nitrogens with zero attached hydrogens (tertiary/aromatic N) is 2. The Kier molecular flexibility index (Phi) is 6.27. The van der Waals surface area contributed by atoms with Crippen LogP contribution in [0.4, 0.5) is 5.69 Å². The Bertz CT molecular complexity index is 1180. The highest BCUT2D eigenvalue weighted by molar-refractivity contribution is 6.05. The lowest BCUT2D eigenvalue weighted by Crippen LogP contribution is -2.29. The molecule has 1 aliphatic heterocycles. The summed E-state index contributed by atoms with van der Waals surface area (Å²) in [5.41, 5.74) is 5.44. The fourth-order valence-electron chi connectivity index (χ4n) is 4.59. The zero-order valence-electron chi connectivity index (χ0n) is 19.9. The Labute approximate surface area is 195 Å². The van der Waals surface area contributed by atoms with Gasteiger partial charge in [0.1, 0.15) is 5.75 Å². The Hall–Kier alpha value is -3.54. The first-order valence-electron chi connectivity index (χ1n) is 11.3. The van der Waals surface area contributed by atoms with Gasteiger partial charge in [0.25, 0.3) is 11.8 Å². The minimum atomic E-state index is -0.438. The van der Waals surface area contributed by atoms with Gasteiger partial charge in [-0.15, -0.1) is 0 Å². The van der Waals surface area contributed by atoms with Crippen LogP contribution in [0, 0.1) is 20.8 Å². The summed E-state index contributed by atoms with van der Waals surface area (Å²) in [6, 6.07) is 17.8. The molecule has 6 heteroatoms. The normalized spacial score (nSPS) is 16.7. The predicted octanol–water partition coefficient (Wildman–Crippen LogP) is 4.88. The number of carbonyl (C=O) groups excluding carboxylic acids is 2. The highest BCUT2D eigenvalue weighted by atomic mass is 16.5. The molecular formula is C27H31N3O3. The van der Waals surface area contributed by atoms with Gasteiger partial charge in [0, 0.05) is 37.1 Å². The number of benzene rings is 2. The summed E-state index contributed by atoms with van der Waals surface area (Å²) >= 11 is 0. The van der Waals surface area contributed by atoms with E-state index < -0.39 is 6.10 Å². The number of aryl methyl sites for hydroxylation is 2. The molecule has 4 rings (SSSR count). The SMILES string of the molecule is Cc1cc(O[C@H]2CCN(C)C2=O)ccc1NC(=O)c1cc(C)n([C@@H](C)c2ccccc2)c1C. The molecule has 0 radical (unpaired) electrons. The van der Waals surface area contributed by atoms with Crippen molar-refractivity contribution < 1.29 is 14.3 Å². The van der Waals surface area contributed by atoms with Gasteiger partial charge >= 0.3 is 0 Å². The number of ether oxygens (including phenoxy) is 1. The lowest BCUT2D eigenvalue weighted by Gasteiger charge is -2.19. The first kappa shape index (κ1) is 22.6. The summed E-state index contributed by atoms with van der Waals surface area (Å²) in [7, 11) is 1.78. The molecule has 2 atom stereocenters. The van der Waals surface area contributed by atoms with Crippen LogP contribution in [-0.2, 0) is 4.79 Å². The number of hydrogen-bond acceptors (Lipinski definition) is 3. The molecule has 2 amide bonds. The van der Waals surface area contributed by atoms with Crippen LogP contribution in [0.5, 0.6) is 5.75 Å². The largest absolute Gasteiger partial charge is 0.481 e. The lowest BCUT2D eigenvalue weighted by molar-refractivity contribution is -0.132. The molecule has 1 aromatic heterocycles. The smallest absolute Gasteiger partial charge is 0.263 e. The van der Waals surface area contributed by atoms with Crippen molar-refractivity contribution in [3.63, 3.8) is 0 Å². The van der Waals surface area contributed by atoms with E-state index in [4.69, 9.17) is 4.74 Å². The van der Waals surface area contributed by atoms with Crippen molar-refractivity contribution in [2.75, 3.05) is 18.9 Å². The van der Waals surface area contributed by atoms with Gasteiger partial charge in [-0.1, -0.05) is 30.3 Å². The molecular weight excluding hydrogens is 414 g/mol. The van der Waals surface area contributed by atoms with E-state index in [2.05, 4.69) is 28.9 Å². The molecule has 3 aromatic rings. The van der Waals surface area contributed by atoms with Gasteiger partial charge in [0.05, 0.1) is 11.6 Å². The minimum absolute atomic E-state index is 0.00474. The van der Waals surface area contributed by atoms with E-state index in [0.29, 0.717) is 24.3 Å². The standard InChI is InChI=1S/C27H31N3O3/c1-17-15-22(33-25-13-14-29(5)27(25)32)11-12-24(17)28-26(31)23-16-18(2)30(20(23)4)19(3)21-9-7-6-8-10-21/h6-12,15-16,19,25H,13-14H2,1-5H3,(H,28,31)/t19-,25-/m0/s1. The molecule has 0 spiro atoms. The van der Waals surface area contributed by atoms with Crippen molar-refractivity contribution in [1.82, 2.24) is 9.47 Å². The Morgan fingerprint density at radius 2 is 1.82 bits per heavy atom. The van der Waals surface area contributed by atoms with Crippen LogP contribution in [0.25, 0.3) is 0 Å². The second-order valence-electron chi connectivity index (χ2n) is 8.83. The van der Waals surface area contributed by atoms with Crippen LogP contribution < -0.4 is 10.1 Å². The fraction of sp³-hybridized carbons (Fsp3) is 0.333.